The van der Waals surface area contributed by atoms with E-state index in [1.165, 1.54) is 5.56 Å². The Morgan fingerprint density at radius 2 is 1.41 bits per heavy atom. The van der Waals surface area contributed by atoms with E-state index in [9.17, 15) is 9.59 Å². The number of benzene rings is 3. The van der Waals surface area contributed by atoms with Crippen LogP contribution in [0.3, 0.4) is 0 Å². The van der Waals surface area contributed by atoms with Gasteiger partial charge in [-0.3, -0.25) is 14.9 Å². The number of carbonyl (C=O) groups excluding carboxylic acids is 2. The molecule has 4 N–H and O–H groups in total. The Morgan fingerprint density at radius 1 is 0.828 bits per heavy atom. The van der Waals surface area contributed by atoms with Crippen molar-refractivity contribution in [1.29, 1.82) is 0 Å². The zero-order valence-electron chi connectivity index (χ0n) is 16.6. The molecule has 2 atom stereocenters. The van der Waals surface area contributed by atoms with Crippen molar-refractivity contribution in [2.75, 3.05) is 5.32 Å². The molecule has 3 aromatic rings. The highest BCUT2D eigenvalue weighted by molar-refractivity contribution is 5.96. The van der Waals surface area contributed by atoms with E-state index in [0.717, 1.165) is 11.1 Å². The molecule has 0 aliphatic heterocycles. The molecule has 0 spiro atoms. The first-order chi connectivity index (χ1) is 13.9. The van der Waals surface area contributed by atoms with Crippen molar-refractivity contribution in [3.63, 3.8) is 0 Å². The summed E-state index contributed by atoms with van der Waals surface area (Å²) in [7, 11) is 0. The van der Waals surface area contributed by atoms with E-state index < -0.39 is 11.9 Å². The fraction of sp³-hybridized carbons (Fsp3) is 0.167. The van der Waals surface area contributed by atoms with E-state index in [0.29, 0.717) is 11.3 Å². The summed E-state index contributed by atoms with van der Waals surface area (Å²) in [6.07, 6.45) is 0. The monoisotopic (exact) mass is 387 g/mol. The molecule has 2 amide bonds. The molecule has 3 rings (SSSR count). The largest absolute Gasteiger partial charge is 0.366 e. The Hall–Kier alpha value is -3.44. The van der Waals surface area contributed by atoms with E-state index in [4.69, 9.17) is 5.73 Å². The number of carbonyl (C=O) groups is 2. The van der Waals surface area contributed by atoms with Crippen LogP contribution in [0.4, 0.5) is 5.69 Å². The minimum absolute atomic E-state index is 0.116. The maximum absolute atomic E-state index is 12.7. The number of nitrogens with one attached hydrogen (secondary N) is 2. The lowest BCUT2D eigenvalue weighted by atomic mass is 9.97. The molecule has 0 aliphatic carbocycles. The fourth-order valence-corrected chi connectivity index (χ4v) is 3.08. The summed E-state index contributed by atoms with van der Waals surface area (Å²) in [5.41, 5.74) is 9.62. The maximum Gasteiger partial charge on any atom is 0.248 e. The number of primary amides is 1. The van der Waals surface area contributed by atoms with Crippen LogP contribution in [0.15, 0.2) is 78.9 Å². The molecule has 0 unspecified atom stereocenters. The van der Waals surface area contributed by atoms with Gasteiger partial charge < -0.3 is 11.1 Å². The van der Waals surface area contributed by atoms with Gasteiger partial charge in [0, 0.05) is 11.3 Å². The van der Waals surface area contributed by atoms with Gasteiger partial charge >= 0.3 is 0 Å². The first-order valence-corrected chi connectivity index (χ1v) is 9.52. The second kappa shape index (κ2) is 9.17. The Balaban J connectivity index is 1.75. The molecule has 0 radical (unpaired) electrons. The van der Waals surface area contributed by atoms with Gasteiger partial charge in [0.05, 0.1) is 12.1 Å². The predicted octanol–water partition coefficient (Wildman–Crippen LogP) is 3.80. The molecule has 29 heavy (non-hydrogen) atoms. The number of hydrogen-bond acceptors (Lipinski definition) is 3. The van der Waals surface area contributed by atoms with Gasteiger partial charge in [0.15, 0.2) is 0 Å². The maximum atomic E-state index is 12.7. The van der Waals surface area contributed by atoms with Crippen molar-refractivity contribution in [3.8, 4) is 0 Å². The highest BCUT2D eigenvalue weighted by atomic mass is 16.2. The van der Waals surface area contributed by atoms with Gasteiger partial charge in [-0.05, 0) is 49.2 Å². The fourth-order valence-electron chi connectivity index (χ4n) is 3.08. The van der Waals surface area contributed by atoms with Gasteiger partial charge in [-0.15, -0.1) is 0 Å². The van der Waals surface area contributed by atoms with Gasteiger partial charge in [-0.25, -0.2) is 0 Å². The Bertz CT molecular complexity index is 967. The average molecular weight is 387 g/mol. The third-order valence-corrected chi connectivity index (χ3v) is 4.79. The summed E-state index contributed by atoms with van der Waals surface area (Å²) < 4.78 is 0. The van der Waals surface area contributed by atoms with Crippen molar-refractivity contribution in [2.45, 2.75) is 25.9 Å². The molecule has 5 nitrogen and oxygen atoms in total. The third-order valence-electron chi connectivity index (χ3n) is 4.79. The number of aryl methyl sites for hydroxylation is 1. The zero-order valence-corrected chi connectivity index (χ0v) is 16.6. The standard InChI is InChI=1S/C24H25N3O2/c1-16-8-10-19(11-9-16)22(18-6-4-3-5-7-18)26-17(2)24(29)27-21-14-12-20(13-15-21)23(25)28/h3-15,17,22,26H,1-2H3,(H2,25,28)(H,27,29)/t17-,22-/m0/s1. The Kier molecular flexibility index (Phi) is 6.42. The van der Waals surface area contributed by atoms with E-state index in [1.54, 1.807) is 24.3 Å². The normalized spacial score (nSPS) is 12.8. The van der Waals surface area contributed by atoms with Crippen LogP contribution in [0.5, 0.6) is 0 Å². The molecule has 0 aromatic heterocycles. The quantitative estimate of drug-likeness (QED) is 0.576. The van der Waals surface area contributed by atoms with Crippen molar-refractivity contribution in [2.24, 2.45) is 5.73 Å². The summed E-state index contributed by atoms with van der Waals surface area (Å²) in [6, 6.07) is 24.3. The third kappa shape index (κ3) is 5.30. The lowest BCUT2D eigenvalue weighted by Crippen LogP contribution is -2.40. The Morgan fingerprint density at radius 3 is 2.00 bits per heavy atom. The van der Waals surface area contributed by atoms with Gasteiger partial charge in [0.2, 0.25) is 11.8 Å². The van der Waals surface area contributed by atoms with Gasteiger partial charge in [-0.2, -0.15) is 0 Å². The first-order valence-electron chi connectivity index (χ1n) is 9.52. The number of rotatable bonds is 7. The molecule has 0 aliphatic rings. The van der Waals surface area contributed by atoms with Crippen molar-refractivity contribution >= 4 is 17.5 Å². The van der Waals surface area contributed by atoms with Crippen LogP contribution >= 0.6 is 0 Å². The number of amides is 2. The topological polar surface area (TPSA) is 84.2 Å². The first kappa shape index (κ1) is 20.3. The van der Waals surface area contributed by atoms with Crippen molar-refractivity contribution < 1.29 is 9.59 Å². The minimum atomic E-state index is -0.498. The van der Waals surface area contributed by atoms with Crippen molar-refractivity contribution in [3.05, 3.63) is 101 Å². The van der Waals surface area contributed by atoms with Crippen molar-refractivity contribution in [1.82, 2.24) is 5.32 Å². The average Bonchev–Trinajstić information content (AvgIpc) is 2.73. The number of anilines is 1. The highest BCUT2D eigenvalue weighted by Gasteiger charge is 2.21. The summed E-state index contributed by atoms with van der Waals surface area (Å²) in [4.78, 5) is 23.9. The SMILES string of the molecule is Cc1ccc([C@@H](N[C@@H](C)C(=O)Nc2ccc(C(N)=O)cc2)c2ccccc2)cc1. The molecule has 148 valence electrons. The molecule has 3 aromatic carbocycles. The zero-order chi connectivity index (χ0) is 20.8. The lowest BCUT2D eigenvalue weighted by molar-refractivity contribution is -0.117. The molecule has 0 saturated carbocycles. The summed E-state index contributed by atoms with van der Waals surface area (Å²) in [6.45, 7) is 3.88. The van der Waals surface area contributed by atoms with Crippen LogP contribution in [0.2, 0.25) is 0 Å². The summed E-state index contributed by atoms with van der Waals surface area (Å²) in [5.74, 6) is -0.661. The molecule has 0 bridgehead atoms. The molecule has 0 saturated heterocycles. The summed E-state index contributed by atoms with van der Waals surface area (Å²) in [5, 5.41) is 6.30. The summed E-state index contributed by atoms with van der Waals surface area (Å²) >= 11 is 0. The molecule has 0 fully saturated rings. The predicted molar refractivity (Wildman–Crippen MR) is 116 cm³/mol. The highest BCUT2D eigenvalue weighted by Crippen LogP contribution is 2.23. The smallest absolute Gasteiger partial charge is 0.248 e. The van der Waals surface area contributed by atoms with Gasteiger partial charge in [0.25, 0.3) is 0 Å². The molecule has 0 heterocycles. The molecular formula is C24H25N3O2. The minimum Gasteiger partial charge on any atom is -0.366 e. The molecular weight excluding hydrogens is 362 g/mol. The van der Waals surface area contributed by atoms with Crippen LogP contribution in [-0.2, 0) is 4.79 Å². The van der Waals surface area contributed by atoms with Crippen LogP contribution < -0.4 is 16.4 Å². The van der Waals surface area contributed by atoms with Crippen LogP contribution in [0.25, 0.3) is 0 Å². The molecule has 5 heteroatoms. The van der Waals surface area contributed by atoms with E-state index >= 15 is 0 Å². The number of hydrogen-bond donors (Lipinski definition) is 3. The lowest BCUT2D eigenvalue weighted by Gasteiger charge is -2.24. The van der Waals surface area contributed by atoms with Crippen LogP contribution in [0, 0.1) is 6.92 Å². The number of nitrogens with two attached hydrogens (primary N) is 1. The second-order valence-electron chi connectivity index (χ2n) is 7.07. The van der Waals surface area contributed by atoms with Crippen LogP contribution in [0.1, 0.15) is 40.0 Å². The van der Waals surface area contributed by atoms with E-state index in [-0.39, 0.29) is 11.9 Å². The van der Waals surface area contributed by atoms with E-state index in [2.05, 4.69) is 34.9 Å². The van der Waals surface area contributed by atoms with Gasteiger partial charge in [0.1, 0.15) is 0 Å². The van der Waals surface area contributed by atoms with Crippen LogP contribution in [-0.4, -0.2) is 17.9 Å². The second-order valence-corrected chi connectivity index (χ2v) is 7.07. The van der Waals surface area contributed by atoms with Gasteiger partial charge in [-0.1, -0.05) is 60.2 Å². The van der Waals surface area contributed by atoms with E-state index in [1.807, 2.05) is 44.2 Å². The Labute approximate surface area is 170 Å².